The molecule has 0 unspecified atom stereocenters. The summed E-state index contributed by atoms with van der Waals surface area (Å²) in [5.74, 6) is -0.663. The Morgan fingerprint density at radius 3 is 2.41 bits per heavy atom. The van der Waals surface area contributed by atoms with Crippen LogP contribution in [0.15, 0.2) is 42.5 Å². The van der Waals surface area contributed by atoms with Gasteiger partial charge in [0.05, 0.1) is 22.9 Å². The van der Waals surface area contributed by atoms with Crippen molar-refractivity contribution in [3.8, 4) is 6.07 Å². The number of anilines is 2. The Morgan fingerprint density at radius 1 is 1.12 bits per heavy atom. The van der Waals surface area contributed by atoms with Crippen LogP contribution in [-0.2, 0) is 22.2 Å². The number of rotatable bonds is 6. The van der Waals surface area contributed by atoms with Crippen LogP contribution in [0.4, 0.5) is 29.3 Å². The lowest BCUT2D eigenvalue weighted by atomic mass is 10.1. The molecule has 4 amide bonds. The van der Waals surface area contributed by atoms with E-state index in [1.54, 1.807) is 19.2 Å². The molecular formula is C24H23F3N4O3. The highest BCUT2D eigenvalue weighted by Crippen LogP contribution is 2.35. The van der Waals surface area contributed by atoms with E-state index in [0.29, 0.717) is 37.4 Å². The molecule has 1 aliphatic rings. The topological polar surface area (TPSA) is 93.5 Å². The third-order valence-corrected chi connectivity index (χ3v) is 5.53. The Bertz CT molecular complexity index is 1120. The summed E-state index contributed by atoms with van der Waals surface area (Å²) in [5.41, 5.74) is -0.562. The first-order valence-corrected chi connectivity index (χ1v) is 10.7. The number of carbonyl (C=O) groups excluding carboxylic acids is 3. The van der Waals surface area contributed by atoms with Crippen LogP contribution in [0.2, 0.25) is 0 Å². The summed E-state index contributed by atoms with van der Waals surface area (Å²) in [6.45, 7) is 0.222. The fraction of sp³-hybridized carbons (Fsp3) is 0.333. The highest BCUT2D eigenvalue weighted by molar-refractivity contribution is 6.20. The number of nitriles is 1. The van der Waals surface area contributed by atoms with Crippen molar-refractivity contribution in [2.75, 3.05) is 23.4 Å². The van der Waals surface area contributed by atoms with Crippen LogP contribution < -0.4 is 15.1 Å². The molecule has 10 heteroatoms. The molecule has 0 spiro atoms. The van der Waals surface area contributed by atoms with Crippen molar-refractivity contribution in [2.45, 2.75) is 38.3 Å². The predicted molar refractivity (Wildman–Crippen MR) is 119 cm³/mol. The highest BCUT2D eigenvalue weighted by Gasteiger charge is 2.37. The van der Waals surface area contributed by atoms with Gasteiger partial charge in [-0.1, -0.05) is 12.1 Å². The number of aryl methyl sites for hydroxylation is 1. The lowest BCUT2D eigenvalue weighted by Crippen LogP contribution is -2.44. The third-order valence-electron chi connectivity index (χ3n) is 5.53. The largest absolute Gasteiger partial charge is 0.417 e. The Labute approximate surface area is 194 Å². The fourth-order valence-corrected chi connectivity index (χ4v) is 3.74. The molecule has 34 heavy (non-hydrogen) atoms. The van der Waals surface area contributed by atoms with E-state index >= 15 is 0 Å². The minimum Gasteiger partial charge on any atom is -0.359 e. The zero-order valence-corrected chi connectivity index (χ0v) is 18.5. The van der Waals surface area contributed by atoms with Gasteiger partial charge in [0.25, 0.3) is 0 Å². The first kappa shape index (κ1) is 24.8. The van der Waals surface area contributed by atoms with Crippen LogP contribution in [-0.4, -0.2) is 31.4 Å². The number of carbonyl (C=O) groups is 3. The lowest BCUT2D eigenvalue weighted by molar-refractivity contribution is -0.137. The number of hydrogen-bond acceptors (Lipinski definition) is 4. The van der Waals surface area contributed by atoms with Crippen molar-refractivity contribution >= 4 is 29.2 Å². The van der Waals surface area contributed by atoms with Crippen LogP contribution in [0.1, 0.15) is 42.4 Å². The fourth-order valence-electron chi connectivity index (χ4n) is 3.74. The average Bonchev–Trinajstić information content (AvgIpc) is 2.96. The molecule has 1 saturated heterocycles. The van der Waals surface area contributed by atoms with E-state index in [1.807, 2.05) is 12.1 Å². The summed E-state index contributed by atoms with van der Waals surface area (Å²) < 4.78 is 40.3. The molecule has 0 atom stereocenters. The summed E-state index contributed by atoms with van der Waals surface area (Å²) in [7, 11) is 1.57. The summed E-state index contributed by atoms with van der Waals surface area (Å²) in [4.78, 5) is 39.4. The molecule has 1 heterocycles. The van der Waals surface area contributed by atoms with Crippen molar-refractivity contribution in [1.29, 1.82) is 5.26 Å². The van der Waals surface area contributed by atoms with Gasteiger partial charge >= 0.3 is 12.2 Å². The van der Waals surface area contributed by atoms with Gasteiger partial charge in [0.1, 0.15) is 0 Å². The number of hydrogen-bond donors (Lipinski definition) is 1. The Kier molecular flexibility index (Phi) is 7.56. The minimum absolute atomic E-state index is 0.0127. The molecule has 1 fully saturated rings. The van der Waals surface area contributed by atoms with Crippen molar-refractivity contribution < 1.29 is 27.6 Å². The van der Waals surface area contributed by atoms with E-state index in [4.69, 9.17) is 5.26 Å². The second kappa shape index (κ2) is 10.4. The smallest absolute Gasteiger partial charge is 0.359 e. The Morgan fingerprint density at radius 2 is 1.79 bits per heavy atom. The molecule has 2 aromatic carbocycles. The van der Waals surface area contributed by atoms with Crippen molar-refractivity contribution in [3.05, 3.63) is 59.2 Å². The second-order valence-electron chi connectivity index (χ2n) is 7.80. The van der Waals surface area contributed by atoms with Crippen LogP contribution in [0.3, 0.4) is 0 Å². The summed E-state index contributed by atoms with van der Waals surface area (Å²) >= 11 is 0. The Balaban J connectivity index is 1.86. The van der Waals surface area contributed by atoms with E-state index in [9.17, 15) is 27.6 Å². The van der Waals surface area contributed by atoms with Crippen molar-refractivity contribution in [3.63, 3.8) is 0 Å². The van der Waals surface area contributed by atoms with Crippen LogP contribution in [0.25, 0.3) is 0 Å². The predicted octanol–water partition coefficient (Wildman–Crippen LogP) is 4.40. The SMILES string of the molecule is CNC(=O)CCCc1ccc(N2CCCC(=O)N(c3ccc(C#N)c(C(F)(F)F)c3)C2=O)cc1. The number of amides is 4. The molecular weight excluding hydrogens is 449 g/mol. The van der Waals surface area contributed by atoms with Crippen LogP contribution in [0, 0.1) is 11.3 Å². The summed E-state index contributed by atoms with van der Waals surface area (Å²) in [6.07, 6.45) is -2.77. The van der Waals surface area contributed by atoms with E-state index in [2.05, 4.69) is 5.32 Å². The number of alkyl halides is 3. The standard InChI is InChI=1S/C24H23F3N4O3/c1-29-21(32)5-2-4-16-7-10-18(11-8-16)30-13-3-6-22(33)31(23(30)34)19-12-9-17(15-28)20(14-19)24(25,26)27/h7-12,14H,2-6,13H2,1H3,(H,29,32). The number of halogens is 3. The first-order chi connectivity index (χ1) is 16.2. The maximum absolute atomic E-state index is 13.4. The molecule has 1 N–H and O–H groups in total. The number of benzene rings is 2. The van der Waals surface area contributed by atoms with E-state index in [0.717, 1.165) is 16.5 Å². The van der Waals surface area contributed by atoms with Gasteiger partial charge in [0, 0.05) is 32.1 Å². The van der Waals surface area contributed by atoms with Crippen LogP contribution >= 0.6 is 0 Å². The van der Waals surface area contributed by atoms with Crippen molar-refractivity contribution in [1.82, 2.24) is 5.32 Å². The summed E-state index contributed by atoms with van der Waals surface area (Å²) in [6, 6.07) is 10.6. The third kappa shape index (κ3) is 5.54. The number of nitrogens with zero attached hydrogens (tertiary/aromatic N) is 3. The minimum atomic E-state index is -4.81. The first-order valence-electron chi connectivity index (χ1n) is 10.7. The zero-order valence-electron chi connectivity index (χ0n) is 18.5. The van der Waals surface area contributed by atoms with E-state index in [1.165, 1.54) is 17.0 Å². The normalized spacial score (nSPS) is 14.6. The quantitative estimate of drug-likeness (QED) is 0.675. The number of urea groups is 1. The average molecular weight is 472 g/mol. The monoisotopic (exact) mass is 472 g/mol. The maximum Gasteiger partial charge on any atom is 0.417 e. The van der Waals surface area contributed by atoms with E-state index < -0.39 is 29.2 Å². The van der Waals surface area contributed by atoms with Crippen LogP contribution in [0.5, 0.6) is 0 Å². The van der Waals surface area contributed by atoms with Gasteiger partial charge in [-0.15, -0.1) is 0 Å². The molecule has 0 saturated carbocycles. The molecule has 0 aromatic heterocycles. The van der Waals surface area contributed by atoms with Crippen molar-refractivity contribution in [2.24, 2.45) is 0 Å². The molecule has 0 bridgehead atoms. The van der Waals surface area contributed by atoms with Gasteiger partial charge in [-0.3, -0.25) is 14.5 Å². The van der Waals surface area contributed by atoms with Gasteiger partial charge in [-0.25, -0.2) is 9.69 Å². The van der Waals surface area contributed by atoms with Gasteiger partial charge in [0.2, 0.25) is 11.8 Å². The molecule has 178 valence electrons. The lowest BCUT2D eigenvalue weighted by Gasteiger charge is -2.27. The molecule has 7 nitrogen and oxygen atoms in total. The van der Waals surface area contributed by atoms with Gasteiger partial charge in [-0.05, 0) is 55.2 Å². The van der Waals surface area contributed by atoms with Gasteiger partial charge in [-0.2, -0.15) is 18.4 Å². The zero-order chi connectivity index (χ0) is 24.9. The summed E-state index contributed by atoms with van der Waals surface area (Å²) in [5, 5.41) is 11.6. The molecule has 1 aliphatic heterocycles. The maximum atomic E-state index is 13.4. The number of imide groups is 1. The Hall–Kier alpha value is -3.87. The van der Waals surface area contributed by atoms with Gasteiger partial charge < -0.3 is 5.32 Å². The second-order valence-corrected chi connectivity index (χ2v) is 7.80. The molecule has 0 aliphatic carbocycles. The highest BCUT2D eigenvalue weighted by atomic mass is 19.4. The molecule has 3 rings (SSSR count). The van der Waals surface area contributed by atoms with E-state index in [-0.39, 0.29) is 24.6 Å². The molecule has 2 aromatic rings. The molecule has 0 radical (unpaired) electrons. The van der Waals surface area contributed by atoms with Gasteiger partial charge in [0.15, 0.2) is 0 Å². The number of nitrogens with one attached hydrogen (secondary N) is 1.